The molecular weight excluding hydrogens is 154 g/mol. The molecule has 0 aliphatic carbocycles. The topological polar surface area (TPSA) is 32.7 Å². The fraction of sp³-hybridized carbons (Fsp3) is 1.00. The molecule has 1 saturated heterocycles. The van der Waals surface area contributed by atoms with Crippen molar-refractivity contribution in [2.75, 3.05) is 26.3 Å². The number of aliphatic hydroxyl groups excluding tert-OH is 1. The highest BCUT2D eigenvalue weighted by atomic mass is 16.5. The van der Waals surface area contributed by atoms with Crippen LogP contribution in [0.15, 0.2) is 0 Å². The van der Waals surface area contributed by atoms with Crippen LogP contribution in [0.1, 0.15) is 26.7 Å². The minimum absolute atomic E-state index is 0.0806. The third-order valence-corrected chi connectivity index (χ3v) is 2.78. The van der Waals surface area contributed by atoms with Gasteiger partial charge in [-0.2, -0.15) is 0 Å². The lowest BCUT2D eigenvalue weighted by atomic mass is 10.1. The largest absolute Gasteiger partial charge is 0.395 e. The molecule has 1 fully saturated rings. The van der Waals surface area contributed by atoms with Crippen molar-refractivity contribution in [3.05, 3.63) is 0 Å². The number of nitrogens with zero attached hydrogens (tertiary/aromatic N) is 1. The van der Waals surface area contributed by atoms with E-state index in [0.717, 1.165) is 32.5 Å². The lowest BCUT2D eigenvalue weighted by Gasteiger charge is -2.35. The van der Waals surface area contributed by atoms with E-state index in [0.29, 0.717) is 0 Å². The zero-order chi connectivity index (χ0) is 9.03. The summed E-state index contributed by atoms with van der Waals surface area (Å²) in [6.07, 6.45) is 2.01. The molecule has 12 heavy (non-hydrogen) atoms. The minimum Gasteiger partial charge on any atom is -0.395 e. The Hall–Kier alpha value is -0.120. The molecule has 0 bridgehead atoms. The van der Waals surface area contributed by atoms with Crippen molar-refractivity contribution in [2.45, 2.75) is 32.4 Å². The second-order valence-electron chi connectivity index (χ2n) is 3.21. The molecule has 0 spiro atoms. The molecule has 0 aromatic carbocycles. The quantitative estimate of drug-likeness (QED) is 0.683. The SMILES string of the molecule is CCC1(CC)OCCN1CCO. The van der Waals surface area contributed by atoms with Crippen LogP contribution in [0.25, 0.3) is 0 Å². The Morgan fingerprint density at radius 1 is 1.42 bits per heavy atom. The molecule has 0 aromatic rings. The standard InChI is InChI=1S/C9H19NO2/c1-3-9(4-2)10(5-7-11)6-8-12-9/h11H,3-8H2,1-2H3. The van der Waals surface area contributed by atoms with Gasteiger partial charge in [0.1, 0.15) is 5.72 Å². The Morgan fingerprint density at radius 3 is 2.58 bits per heavy atom. The highest BCUT2D eigenvalue weighted by Gasteiger charge is 2.38. The zero-order valence-electron chi connectivity index (χ0n) is 8.05. The first-order valence-corrected chi connectivity index (χ1v) is 4.79. The number of rotatable bonds is 4. The van der Waals surface area contributed by atoms with Crippen LogP contribution in [-0.4, -0.2) is 42.0 Å². The van der Waals surface area contributed by atoms with Crippen molar-refractivity contribution in [1.29, 1.82) is 0 Å². The van der Waals surface area contributed by atoms with E-state index >= 15 is 0 Å². The first kappa shape index (κ1) is 9.96. The minimum atomic E-state index is -0.0806. The Kier molecular flexibility index (Phi) is 3.50. The van der Waals surface area contributed by atoms with Gasteiger partial charge >= 0.3 is 0 Å². The molecule has 0 radical (unpaired) electrons. The highest BCUT2D eigenvalue weighted by Crippen LogP contribution is 2.29. The Bertz CT molecular complexity index is 134. The van der Waals surface area contributed by atoms with Crippen molar-refractivity contribution in [3.8, 4) is 0 Å². The van der Waals surface area contributed by atoms with Crippen LogP contribution in [0, 0.1) is 0 Å². The summed E-state index contributed by atoms with van der Waals surface area (Å²) in [5.74, 6) is 0. The van der Waals surface area contributed by atoms with Crippen LogP contribution >= 0.6 is 0 Å². The van der Waals surface area contributed by atoms with Gasteiger partial charge in [0, 0.05) is 13.1 Å². The first-order valence-electron chi connectivity index (χ1n) is 4.79. The van der Waals surface area contributed by atoms with Crippen LogP contribution in [0.5, 0.6) is 0 Å². The Labute approximate surface area is 74.3 Å². The fourth-order valence-electron chi connectivity index (χ4n) is 1.98. The highest BCUT2D eigenvalue weighted by molar-refractivity contribution is 4.83. The number of hydrogen-bond acceptors (Lipinski definition) is 3. The monoisotopic (exact) mass is 173 g/mol. The summed E-state index contributed by atoms with van der Waals surface area (Å²) >= 11 is 0. The van der Waals surface area contributed by atoms with Gasteiger partial charge in [-0.3, -0.25) is 4.90 Å². The normalized spacial score (nSPS) is 23.2. The Morgan fingerprint density at radius 2 is 2.08 bits per heavy atom. The van der Waals surface area contributed by atoms with Gasteiger partial charge in [0.2, 0.25) is 0 Å². The van der Waals surface area contributed by atoms with Gasteiger partial charge in [-0.05, 0) is 12.8 Å². The number of ether oxygens (including phenoxy) is 1. The molecule has 1 heterocycles. The zero-order valence-corrected chi connectivity index (χ0v) is 8.05. The molecule has 0 amide bonds. The van der Waals surface area contributed by atoms with Crippen molar-refractivity contribution in [2.24, 2.45) is 0 Å². The van der Waals surface area contributed by atoms with E-state index < -0.39 is 0 Å². The molecule has 3 nitrogen and oxygen atoms in total. The predicted molar refractivity (Wildman–Crippen MR) is 47.9 cm³/mol. The molecule has 0 saturated carbocycles. The van der Waals surface area contributed by atoms with Gasteiger partial charge in [-0.25, -0.2) is 0 Å². The second-order valence-corrected chi connectivity index (χ2v) is 3.21. The molecule has 0 atom stereocenters. The van der Waals surface area contributed by atoms with E-state index in [-0.39, 0.29) is 12.3 Å². The summed E-state index contributed by atoms with van der Waals surface area (Å²) in [5.41, 5.74) is -0.0806. The molecule has 0 unspecified atom stereocenters. The summed E-state index contributed by atoms with van der Waals surface area (Å²) < 4.78 is 5.72. The average Bonchev–Trinajstić information content (AvgIpc) is 2.50. The molecular formula is C9H19NO2. The molecule has 72 valence electrons. The molecule has 1 rings (SSSR count). The summed E-state index contributed by atoms with van der Waals surface area (Å²) in [6.45, 7) is 7.01. The van der Waals surface area contributed by atoms with E-state index in [1.54, 1.807) is 0 Å². The summed E-state index contributed by atoms with van der Waals surface area (Å²) in [4.78, 5) is 2.24. The van der Waals surface area contributed by atoms with Gasteiger partial charge in [0.25, 0.3) is 0 Å². The van der Waals surface area contributed by atoms with Crippen LogP contribution < -0.4 is 0 Å². The lowest BCUT2D eigenvalue weighted by molar-refractivity contribution is -0.0908. The third kappa shape index (κ3) is 1.63. The Balaban J connectivity index is 2.58. The van der Waals surface area contributed by atoms with E-state index in [1.807, 2.05) is 0 Å². The van der Waals surface area contributed by atoms with Gasteiger partial charge in [-0.1, -0.05) is 13.8 Å². The molecule has 3 heteroatoms. The maximum Gasteiger partial charge on any atom is 0.121 e. The van der Waals surface area contributed by atoms with Gasteiger partial charge in [0.15, 0.2) is 0 Å². The molecule has 1 aliphatic heterocycles. The fourth-order valence-corrected chi connectivity index (χ4v) is 1.98. The number of hydrogen-bond donors (Lipinski definition) is 1. The van der Waals surface area contributed by atoms with E-state index in [9.17, 15) is 0 Å². The molecule has 1 aliphatic rings. The average molecular weight is 173 g/mol. The summed E-state index contributed by atoms with van der Waals surface area (Å²) in [6, 6.07) is 0. The summed E-state index contributed by atoms with van der Waals surface area (Å²) in [5, 5.41) is 8.85. The first-order chi connectivity index (χ1) is 5.79. The predicted octanol–water partition coefficient (Wildman–Crippen LogP) is 0.827. The van der Waals surface area contributed by atoms with Crippen molar-refractivity contribution >= 4 is 0 Å². The maximum absolute atomic E-state index is 8.85. The smallest absolute Gasteiger partial charge is 0.121 e. The summed E-state index contributed by atoms with van der Waals surface area (Å²) in [7, 11) is 0. The van der Waals surface area contributed by atoms with Crippen LogP contribution in [0.4, 0.5) is 0 Å². The van der Waals surface area contributed by atoms with Crippen molar-refractivity contribution in [1.82, 2.24) is 4.90 Å². The van der Waals surface area contributed by atoms with Crippen LogP contribution in [0.3, 0.4) is 0 Å². The lowest BCUT2D eigenvalue weighted by Crippen LogP contribution is -2.45. The van der Waals surface area contributed by atoms with E-state index in [1.165, 1.54) is 0 Å². The van der Waals surface area contributed by atoms with E-state index in [4.69, 9.17) is 9.84 Å². The van der Waals surface area contributed by atoms with E-state index in [2.05, 4.69) is 18.7 Å². The van der Waals surface area contributed by atoms with Gasteiger partial charge in [-0.15, -0.1) is 0 Å². The van der Waals surface area contributed by atoms with Crippen LogP contribution in [-0.2, 0) is 4.74 Å². The number of β-amino-alcohol motifs (C(OH)–C–C–N with tert-alkyl or cyclic N) is 1. The second kappa shape index (κ2) is 4.21. The van der Waals surface area contributed by atoms with Crippen LogP contribution in [0.2, 0.25) is 0 Å². The number of aliphatic hydroxyl groups is 1. The van der Waals surface area contributed by atoms with Gasteiger partial charge < -0.3 is 9.84 Å². The van der Waals surface area contributed by atoms with Crippen molar-refractivity contribution in [3.63, 3.8) is 0 Å². The molecule has 0 aromatic heterocycles. The van der Waals surface area contributed by atoms with Gasteiger partial charge in [0.05, 0.1) is 13.2 Å². The molecule has 1 N–H and O–H groups in total. The third-order valence-electron chi connectivity index (χ3n) is 2.78. The maximum atomic E-state index is 8.85. The van der Waals surface area contributed by atoms with Crippen molar-refractivity contribution < 1.29 is 9.84 Å².